The van der Waals surface area contributed by atoms with Gasteiger partial charge in [0.1, 0.15) is 0 Å². The van der Waals surface area contributed by atoms with Gasteiger partial charge in [0.2, 0.25) is 0 Å². The van der Waals surface area contributed by atoms with Crippen molar-refractivity contribution in [3.63, 3.8) is 0 Å². The molecule has 22 heavy (non-hydrogen) atoms. The Morgan fingerprint density at radius 1 is 1.18 bits per heavy atom. The fourth-order valence-corrected chi connectivity index (χ4v) is 3.15. The molecule has 2 aliphatic rings. The molecule has 2 aliphatic heterocycles. The second kappa shape index (κ2) is 8.04. The third kappa shape index (κ3) is 4.06. The lowest BCUT2D eigenvalue weighted by molar-refractivity contribution is -0.152. The van der Waals surface area contributed by atoms with E-state index in [-0.39, 0.29) is 12.4 Å². The molecule has 2 heterocycles. The Kier molecular flexibility index (Phi) is 5.81. The zero-order chi connectivity index (χ0) is 15.2. The van der Waals surface area contributed by atoms with Crippen molar-refractivity contribution in [2.45, 2.75) is 31.5 Å². The number of methoxy groups -OCH3 is 1. The third-order valence-electron chi connectivity index (χ3n) is 4.31. The summed E-state index contributed by atoms with van der Waals surface area (Å²) in [6, 6.07) is 10.5. The van der Waals surface area contributed by atoms with Gasteiger partial charge < -0.3 is 18.9 Å². The minimum atomic E-state index is -0.163. The van der Waals surface area contributed by atoms with Gasteiger partial charge in [0.05, 0.1) is 38.6 Å². The second-order valence-electron chi connectivity index (χ2n) is 5.81. The van der Waals surface area contributed by atoms with Gasteiger partial charge in [-0.05, 0) is 12.0 Å². The van der Waals surface area contributed by atoms with Crippen molar-refractivity contribution in [3.8, 4) is 0 Å². The van der Waals surface area contributed by atoms with Gasteiger partial charge in [-0.1, -0.05) is 30.3 Å². The normalized spacial score (nSPS) is 29.8. The lowest BCUT2D eigenvalue weighted by Gasteiger charge is -2.33. The van der Waals surface area contributed by atoms with Crippen LogP contribution in [0, 0.1) is 0 Å². The average molecular weight is 307 g/mol. The zero-order valence-corrected chi connectivity index (χ0v) is 13.1. The smallest absolute Gasteiger partial charge is 0.173 e. The van der Waals surface area contributed by atoms with Gasteiger partial charge in [-0.25, -0.2) is 0 Å². The fourth-order valence-electron chi connectivity index (χ4n) is 3.15. The molecule has 0 aromatic heterocycles. The Balaban J connectivity index is 1.46. The summed E-state index contributed by atoms with van der Waals surface area (Å²) in [5.74, 6) is 0. The molecule has 0 aliphatic carbocycles. The first-order chi connectivity index (χ1) is 10.9. The molecule has 1 aromatic carbocycles. The van der Waals surface area contributed by atoms with Crippen LogP contribution in [0.2, 0.25) is 0 Å². The van der Waals surface area contributed by atoms with Crippen molar-refractivity contribution in [1.82, 2.24) is 4.90 Å². The van der Waals surface area contributed by atoms with Gasteiger partial charge in [0, 0.05) is 20.2 Å². The average Bonchev–Trinajstić information content (AvgIpc) is 3.00. The highest BCUT2D eigenvalue weighted by Gasteiger charge is 2.39. The quantitative estimate of drug-likeness (QED) is 0.799. The van der Waals surface area contributed by atoms with Crippen LogP contribution in [0.3, 0.4) is 0 Å². The van der Waals surface area contributed by atoms with Crippen molar-refractivity contribution < 1.29 is 18.9 Å². The lowest BCUT2D eigenvalue weighted by Crippen LogP contribution is -2.47. The molecule has 0 bridgehead atoms. The first-order valence-electron chi connectivity index (χ1n) is 7.98. The number of nitrogens with zero attached hydrogens (tertiary/aromatic N) is 1. The number of hydrogen-bond acceptors (Lipinski definition) is 5. The van der Waals surface area contributed by atoms with Crippen LogP contribution in [-0.4, -0.2) is 63.4 Å². The predicted molar refractivity (Wildman–Crippen MR) is 82.6 cm³/mol. The summed E-state index contributed by atoms with van der Waals surface area (Å²) in [6.07, 6.45) is 0.887. The van der Waals surface area contributed by atoms with Crippen LogP contribution in [-0.2, 0) is 25.6 Å². The molecule has 0 saturated carbocycles. The van der Waals surface area contributed by atoms with Gasteiger partial charge in [-0.3, -0.25) is 4.90 Å². The Labute approximate surface area is 132 Å². The summed E-state index contributed by atoms with van der Waals surface area (Å²) in [5, 5.41) is 0. The van der Waals surface area contributed by atoms with E-state index in [1.54, 1.807) is 7.11 Å². The van der Waals surface area contributed by atoms with Crippen LogP contribution in [0.4, 0.5) is 0 Å². The van der Waals surface area contributed by atoms with Gasteiger partial charge in [0.25, 0.3) is 0 Å². The summed E-state index contributed by atoms with van der Waals surface area (Å²) in [4.78, 5) is 2.41. The van der Waals surface area contributed by atoms with E-state index < -0.39 is 0 Å². The molecule has 1 aromatic rings. The molecule has 5 nitrogen and oxygen atoms in total. The highest BCUT2D eigenvalue weighted by atomic mass is 16.7. The Hall–Kier alpha value is -0.980. The Bertz CT molecular complexity index is 436. The molecule has 0 radical (unpaired) electrons. The summed E-state index contributed by atoms with van der Waals surface area (Å²) < 4.78 is 22.7. The van der Waals surface area contributed by atoms with Crippen molar-refractivity contribution in [1.29, 1.82) is 0 Å². The van der Waals surface area contributed by atoms with Gasteiger partial charge in [-0.2, -0.15) is 0 Å². The van der Waals surface area contributed by atoms with E-state index in [0.717, 1.165) is 32.7 Å². The van der Waals surface area contributed by atoms with Crippen LogP contribution < -0.4 is 0 Å². The number of hydrogen-bond donors (Lipinski definition) is 0. The van der Waals surface area contributed by atoms with Gasteiger partial charge in [0.15, 0.2) is 6.29 Å². The maximum Gasteiger partial charge on any atom is 0.173 e. The third-order valence-corrected chi connectivity index (χ3v) is 4.31. The molecule has 3 rings (SSSR count). The van der Waals surface area contributed by atoms with Crippen molar-refractivity contribution in [2.24, 2.45) is 0 Å². The number of ether oxygens (including phenoxy) is 4. The molecule has 2 saturated heterocycles. The number of rotatable bonds is 6. The standard InChI is InChI=1S/C17H25NO4/c1-19-17-16(18-7-9-20-10-8-18)11-15(22-17)13-21-12-14-5-3-2-4-6-14/h2-6,15-17H,7-13H2,1H3/t15-,16-,17-/m0/s1. The monoisotopic (exact) mass is 307 g/mol. The van der Waals surface area contributed by atoms with Crippen molar-refractivity contribution in [2.75, 3.05) is 40.0 Å². The number of morpholine rings is 1. The molecule has 0 spiro atoms. The van der Waals surface area contributed by atoms with Crippen LogP contribution >= 0.6 is 0 Å². The zero-order valence-electron chi connectivity index (χ0n) is 13.1. The predicted octanol–water partition coefficient (Wildman–Crippen LogP) is 1.67. The first-order valence-corrected chi connectivity index (χ1v) is 7.98. The molecule has 0 amide bonds. The van der Waals surface area contributed by atoms with E-state index in [2.05, 4.69) is 17.0 Å². The largest absolute Gasteiger partial charge is 0.379 e. The molecule has 0 unspecified atom stereocenters. The molecule has 0 N–H and O–H groups in total. The van der Waals surface area contributed by atoms with E-state index in [1.807, 2.05) is 18.2 Å². The maximum atomic E-state index is 5.98. The van der Waals surface area contributed by atoms with Crippen LogP contribution in [0.25, 0.3) is 0 Å². The first kappa shape index (κ1) is 15.9. The molecule has 122 valence electrons. The van der Waals surface area contributed by atoms with E-state index in [0.29, 0.717) is 19.3 Å². The molecular weight excluding hydrogens is 282 g/mol. The molecular formula is C17H25NO4. The van der Waals surface area contributed by atoms with E-state index in [4.69, 9.17) is 18.9 Å². The summed E-state index contributed by atoms with van der Waals surface area (Å²) >= 11 is 0. The van der Waals surface area contributed by atoms with Crippen molar-refractivity contribution >= 4 is 0 Å². The molecule has 5 heteroatoms. The summed E-state index contributed by atoms with van der Waals surface area (Å²) in [5.41, 5.74) is 1.19. The maximum absolute atomic E-state index is 5.98. The van der Waals surface area contributed by atoms with E-state index >= 15 is 0 Å². The molecule has 2 fully saturated rings. The number of benzene rings is 1. The minimum absolute atomic E-state index is 0.0986. The van der Waals surface area contributed by atoms with E-state index in [1.165, 1.54) is 5.56 Å². The van der Waals surface area contributed by atoms with Gasteiger partial charge >= 0.3 is 0 Å². The summed E-state index contributed by atoms with van der Waals surface area (Å²) in [6.45, 7) is 4.72. The summed E-state index contributed by atoms with van der Waals surface area (Å²) in [7, 11) is 1.71. The van der Waals surface area contributed by atoms with Crippen LogP contribution in [0.1, 0.15) is 12.0 Å². The lowest BCUT2D eigenvalue weighted by atomic mass is 10.1. The highest BCUT2D eigenvalue weighted by Crippen LogP contribution is 2.26. The van der Waals surface area contributed by atoms with Crippen LogP contribution in [0.15, 0.2) is 30.3 Å². The highest BCUT2D eigenvalue weighted by molar-refractivity contribution is 5.13. The molecule has 3 atom stereocenters. The Morgan fingerprint density at radius 2 is 1.95 bits per heavy atom. The Morgan fingerprint density at radius 3 is 2.68 bits per heavy atom. The topological polar surface area (TPSA) is 40.2 Å². The minimum Gasteiger partial charge on any atom is -0.379 e. The van der Waals surface area contributed by atoms with E-state index in [9.17, 15) is 0 Å². The fraction of sp³-hybridized carbons (Fsp3) is 0.647. The van der Waals surface area contributed by atoms with Crippen LogP contribution in [0.5, 0.6) is 0 Å². The van der Waals surface area contributed by atoms with Gasteiger partial charge in [-0.15, -0.1) is 0 Å². The van der Waals surface area contributed by atoms with Crippen molar-refractivity contribution in [3.05, 3.63) is 35.9 Å². The SMILES string of the molecule is CO[C@H]1O[C@H](COCc2ccccc2)C[C@@H]1N1CCOCC1. The second-order valence-corrected chi connectivity index (χ2v) is 5.81.